The van der Waals surface area contributed by atoms with E-state index in [1.807, 2.05) is 16.8 Å². The lowest BCUT2D eigenvalue weighted by Gasteiger charge is -2.15. The topological polar surface area (TPSA) is 55.4 Å². The smallest absolute Gasteiger partial charge is 0.240 e. The zero-order valence-corrected chi connectivity index (χ0v) is 12.4. The maximum atomic E-state index is 12.8. The Morgan fingerprint density at radius 1 is 1.30 bits per heavy atom. The summed E-state index contributed by atoms with van der Waals surface area (Å²) in [6.45, 7) is 0.118. The van der Waals surface area contributed by atoms with Gasteiger partial charge in [-0.25, -0.2) is 17.5 Å². The van der Waals surface area contributed by atoms with Crippen molar-refractivity contribution in [3.8, 4) is 0 Å². The van der Waals surface area contributed by atoms with Crippen LogP contribution in [0.2, 0.25) is 0 Å². The molecule has 108 valence electrons. The third kappa shape index (κ3) is 3.63. The van der Waals surface area contributed by atoms with Crippen molar-refractivity contribution in [1.29, 1.82) is 0 Å². The van der Waals surface area contributed by atoms with E-state index in [0.717, 1.165) is 17.7 Å². The van der Waals surface area contributed by atoms with Crippen LogP contribution in [0.4, 0.5) is 4.39 Å². The lowest BCUT2D eigenvalue weighted by atomic mass is 10.2. The quantitative estimate of drug-likeness (QED) is 0.891. The number of sulfonamides is 1. The third-order valence-electron chi connectivity index (χ3n) is 2.78. The molecule has 1 unspecified atom stereocenters. The summed E-state index contributed by atoms with van der Waals surface area (Å²) >= 11 is 1.52. The highest BCUT2D eigenvalue weighted by molar-refractivity contribution is 7.89. The first-order chi connectivity index (χ1) is 9.53. The average Bonchev–Trinajstić information content (AvgIpc) is 2.94. The van der Waals surface area contributed by atoms with Crippen molar-refractivity contribution in [2.75, 3.05) is 13.7 Å². The Balaban J connectivity index is 2.07. The van der Waals surface area contributed by atoms with Crippen molar-refractivity contribution in [3.63, 3.8) is 0 Å². The SMILES string of the molecule is COC(CNS(=O)(=O)c1ccc(F)cc1)c1ccsc1. The fourth-order valence-electron chi connectivity index (χ4n) is 1.68. The van der Waals surface area contributed by atoms with E-state index in [4.69, 9.17) is 4.74 Å². The van der Waals surface area contributed by atoms with Crippen LogP contribution in [0, 0.1) is 5.82 Å². The van der Waals surface area contributed by atoms with Crippen molar-refractivity contribution in [1.82, 2.24) is 4.72 Å². The van der Waals surface area contributed by atoms with Crippen molar-refractivity contribution >= 4 is 21.4 Å². The van der Waals surface area contributed by atoms with E-state index in [9.17, 15) is 12.8 Å². The van der Waals surface area contributed by atoms with Crippen LogP contribution in [-0.2, 0) is 14.8 Å². The Morgan fingerprint density at radius 2 is 2.00 bits per heavy atom. The summed E-state index contributed by atoms with van der Waals surface area (Å²) < 4.78 is 44.6. The first-order valence-corrected chi connectivity index (χ1v) is 8.25. The van der Waals surface area contributed by atoms with E-state index in [-0.39, 0.29) is 17.5 Å². The van der Waals surface area contributed by atoms with Gasteiger partial charge in [-0.3, -0.25) is 0 Å². The number of ether oxygens (including phenoxy) is 1. The molecule has 1 aromatic heterocycles. The van der Waals surface area contributed by atoms with Crippen LogP contribution in [0.15, 0.2) is 46.0 Å². The van der Waals surface area contributed by atoms with Crippen LogP contribution >= 0.6 is 11.3 Å². The zero-order chi connectivity index (χ0) is 14.6. The molecule has 0 radical (unpaired) electrons. The summed E-state index contributed by atoms with van der Waals surface area (Å²) in [6.07, 6.45) is -0.350. The summed E-state index contributed by atoms with van der Waals surface area (Å²) in [5, 5.41) is 3.80. The molecule has 0 spiro atoms. The highest BCUT2D eigenvalue weighted by atomic mass is 32.2. The number of methoxy groups -OCH3 is 1. The maximum Gasteiger partial charge on any atom is 0.240 e. The molecule has 7 heteroatoms. The lowest BCUT2D eigenvalue weighted by Crippen LogP contribution is -2.29. The largest absolute Gasteiger partial charge is 0.375 e. The zero-order valence-electron chi connectivity index (χ0n) is 10.7. The molecule has 1 N–H and O–H groups in total. The minimum absolute atomic E-state index is 0.0269. The van der Waals surface area contributed by atoms with Gasteiger partial charge in [0.05, 0.1) is 11.0 Å². The van der Waals surface area contributed by atoms with E-state index in [1.165, 1.54) is 30.6 Å². The molecule has 0 aliphatic rings. The molecule has 0 fully saturated rings. The van der Waals surface area contributed by atoms with Gasteiger partial charge in [-0.05, 0) is 46.7 Å². The molecule has 2 aromatic rings. The first-order valence-electron chi connectivity index (χ1n) is 5.83. The number of nitrogens with one attached hydrogen (secondary N) is 1. The van der Waals surface area contributed by atoms with E-state index >= 15 is 0 Å². The molecule has 2 rings (SSSR count). The Morgan fingerprint density at radius 3 is 2.55 bits per heavy atom. The highest BCUT2D eigenvalue weighted by Crippen LogP contribution is 2.19. The van der Waals surface area contributed by atoms with Crippen LogP contribution in [0.5, 0.6) is 0 Å². The minimum atomic E-state index is -3.67. The molecule has 0 aliphatic heterocycles. The second kappa shape index (κ2) is 6.45. The van der Waals surface area contributed by atoms with Gasteiger partial charge in [0.15, 0.2) is 0 Å². The van der Waals surface area contributed by atoms with Gasteiger partial charge in [0, 0.05) is 13.7 Å². The lowest BCUT2D eigenvalue weighted by molar-refractivity contribution is 0.107. The molecule has 20 heavy (non-hydrogen) atoms. The summed E-state index contributed by atoms with van der Waals surface area (Å²) in [6, 6.07) is 6.56. The van der Waals surface area contributed by atoms with Gasteiger partial charge in [-0.2, -0.15) is 11.3 Å². The van der Waals surface area contributed by atoms with Crippen molar-refractivity contribution < 1.29 is 17.5 Å². The van der Waals surface area contributed by atoms with Gasteiger partial charge < -0.3 is 4.74 Å². The molecule has 0 amide bonds. The summed E-state index contributed by atoms with van der Waals surface area (Å²) in [4.78, 5) is 0.0269. The fraction of sp³-hybridized carbons (Fsp3) is 0.231. The van der Waals surface area contributed by atoms with Gasteiger partial charge in [0.1, 0.15) is 5.82 Å². The highest BCUT2D eigenvalue weighted by Gasteiger charge is 2.18. The Kier molecular flexibility index (Phi) is 4.87. The number of benzene rings is 1. The number of hydrogen-bond donors (Lipinski definition) is 1. The molecular formula is C13H14FNO3S2. The first kappa shape index (κ1) is 15.1. The number of hydrogen-bond acceptors (Lipinski definition) is 4. The van der Waals surface area contributed by atoms with Gasteiger partial charge in [0.25, 0.3) is 0 Å². The average molecular weight is 315 g/mol. The number of halogens is 1. The predicted octanol–water partition coefficient (Wildman–Crippen LogP) is 2.55. The third-order valence-corrected chi connectivity index (χ3v) is 4.92. The van der Waals surface area contributed by atoms with E-state index in [2.05, 4.69) is 4.72 Å². The molecule has 1 atom stereocenters. The second-order valence-electron chi connectivity index (χ2n) is 4.09. The molecule has 0 aliphatic carbocycles. The predicted molar refractivity (Wildman–Crippen MR) is 75.7 cm³/mol. The van der Waals surface area contributed by atoms with Crippen LogP contribution in [0.1, 0.15) is 11.7 Å². The van der Waals surface area contributed by atoms with E-state index in [0.29, 0.717) is 0 Å². The van der Waals surface area contributed by atoms with Gasteiger partial charge in [-0.15, -0.1) is 0 Å². The second-order valence-corrected chi connectivity index (χ2v) is 6.63. The number of rotatable bonds is 6. The van der Waals surface area contributed by atoms with Gasteiger partial charge in [-0.1, -0.05) is 0 Å². The Bertz CT molecular complexity index is 639. The van der Waals surface area contributed by atoms with Crippen LogP contribution in [0.25, 0.3) is 0 Å². The standard InChI is InChI=1S/C13H14FNO3S2/c1-18-13(10-6-7-19-9-10)8-15-20(16,17)12-4-2-11(14)3-5-12/h2-7,9,13,15H,8H2,1H3. The monoisotopic (exact) mass is 315 g/mol. The summed E-state index contributed by atoms with van der Waals surface area (Å²) in [5.41, 5.74) is 0.916. The minimum Gasteiger partial charge on any atom is -0.375 e. The Hall–Kier alpha value is -1.28. The van der Waals surface area contributed by atoms with E-state index in [1.54, 1.807) is 0 Å². The summed E-state index contributed by atoms with van der Waals surface area (Å²) in [5.74, 6) is -0.475. The molecule has 0 bridgehead atoms. The van der Waals surface area contributed by atoms with Crippen molar-refractivity contribution in [3.05, 3.63) is 52.5 Å². The van der Waals surface area contributed by atoms with E-state index < -0.39 is 15.8 Å². The molecule has 0 saturated heterocycles. The Labute approximate surface area is 121 Å². The van der Waals surface area contributed by atoms with Crippen LogP contribution in [0.3, 0.4) is 0 Å². The normalized spacial score (nSPS) is 13.3. The molecular weight excluding hydrogens is 301 g/mol. The molecule has 1 heterocycles. The van der Waals surface area contributed by atoms with Crippen molar-refractivity contribution in [2.45, 2.75) is 11.0 Å². The number of thiophene rings is 1. The fourth-order valence-corrected chi connectivity index (χ4v) is 3.41. The van der Waals surface area contributed by atoms with Gasteiger partial charge >= 0.3 is 0 Å². The summed E-state index contributed by atoms with van der Waals surface area (Å²) in [7, 11) is -2.14. The molecule has 0 saturated carbocycles. The van der Waals surface area contributed by atoms with Gasteiger partial charge in [0.2, 0.25) is 10.0 Å². The van der Waals surface area contributed by atoms with Crippen LogP contribution in [-0.4, -0.2) is 22.1 Å². The molecule has 1 aromatic carbocycles. The van der Waals surface area contributed by atoms with Crippen molar-refractivity contribution in [2.24, 2.45) is 0 Å². The van der Waals surface area contributed by atoms with Crippen LogP contribution < -0.4 is 4.72 Å². The molecule has 4 nitrogen and oxygen atoms in total. The maximum absolute atomic E-state index is 12.8.